The van der Waals surface area contributed by atoms with Crippen LogP contribution in [0.5, 0.6) is 0 Å². The lowest BCUT2D eigenvalue weighted by Crippen LogP contribution is -1.94. The van der Waals surface area contributed by atoms with Crippen molar-refractivity contribution in [3.63, 3.8) is 0 Å². The van der Waals surface area contributed by atoms with Gasteiger partial charge in [0.2, 0.25) is 0 Å². The van der Waals surface area contributed by atoms with Gasteiger partial charge in [0.15, 0.2) is 5.82 Å². The van der Waals surface area contributed by atoms with Crippen LogP contribution in [0.15, 0.2) is 36.0 Å². The van der Waals surface area contributed by atoms with Crippen LogP contribution in [0.2, 0.25) is 10.3 Å². The van der Waals surface area contributed by atoms with E-state index >= 15 is 0 Å². The van der Waals surface area contributed by atoms with E-state index in [2.05, 4.69) is 15.0 Å². The molecule has 0 saturated heterocycles. The van der Waals surface area contributed by atoms with Crippen molar-refractivity contribution in [3.05, 3.63) is 51.8 Å². The van der Waals surface area contributed by atoms with Crippen molar-refractivity contribution in [2.75, 3.05) is 0 Å². The van der Waals surface area contributed by atoms with E-state index in [1.165, 1.54) is 11.3 Å². The second kappa shape index (κ2) is 5.48. The molecular weight excluding hydrogens is 313 g/mol. The van der Waals surface area contributed by atoms with Gasteiger partial charge in [-0.3, -0.25) is 4.98 Å². The third kappa shape index (κ3) is 2.42. The first-order valence-corrected chi connectivity index (χ1v) is 7.48. The van der Waals surface area contributed by atoms with Crippen molar-refractivity contribution in [2.24, 2.45) is 0 Å². The molecule has 0 aliphatic rings. The van der Waals surface area contributed by atoms with Gasteiger partial charge in [-0.1, -0.05) is 47.5 Å². The lowest BCUT2D eigenvalue weighted by Gasteiger charge is -2.10. The van der Waals surface area contributed by atoms with E-state index in [1.807, 2.05) is 31.2 Å². The molecule has 0 spiro atoms. The molecule has 20 heavy (non-hydrogen) atoms. The third-order valence-corrected chi connectivity index (χ3v) is 4.20. The largest absolute Gasteiger partial charge is 0.252 e. The van der Waals surface area contributed by atoms with Crippen LogP contribution in [-0.2, 0) is 0 Å². The smallest absolute Gasteiger partial charge is 0.174 e. The maximum Gasteiger partial charge on any atom is 0.174 e. The van der Waals surface area contributed by atoms with Crippen LogP contribution < -0.4 is 0 Å². The highest BCUT2D eigenvalue weighted by Crippen LogP contribution is 2.36. The highest BCUT2D eigenvalue weighted by Gasteiger charge is 2.16. The van der Waals surface area contributed by atoms with Crippen LogP contribution in [0.1, 0.15) is 5.56 Å². The van der Waals surface area contributed by atoms with Gasteiger partial charge in [0.25, 0.3) is 0 Å². The molecule has 2 aromatic heterocycles. The third-order valence-electron chi connectivity index (χ3n) is 2.89. The van der Waals surface area contributed by atoms with Gasteiger partial charge in [-0.15, -0.1) is 11.3 Å². The summed E-state index contributed by atoms with van der Waals surface area (Å²) in [5.41, 5.74) is 4.40. The van der Waals surface area contributed by atoms with E-state index in [-0.39, 0.29) is 0 Å². The standard InChI is InChI=1S/C14H9Cl2N3S/c1-8-4-2-3-5-9(8)11-12(15)18-14(19-13(11)16)10-6-17-7-20-10/h2-7H,1H3. The number of nitrogens with zero attached hydrogens (tertiary/aromatic N) is 3. The molecule has 0 fully saturated rings. The topological polar surface area (TPSA) is 38.7 Å². The van der Waals surface area contributed by atoms with E-state index in [0.717, 1.165) is 16.0 Å². The summed E-state index contributed by atoms with van der Waals surface area (Å²) in [5, 5.41) is 0.699. The number of aromatic nitrogens is 3. The Morgan fingerprint density at radius 1 is 1.05 bits per heavy atom. The molecule has 3 rings (SSSR count). The normalized spacial score (nSPS) is 10.8. The number of halogens is 2. The molecule has 3 nitrogen and oxygen atoms in total. The fourth-order valence-corrected chi connectivity index (χ4v) is 3.06. The van der Waals surface area contributed by atoms with Gasteiger partial charge < -0.3 is 0 Å². The molecule has 3 aromatic rings. The van der Waals surface area contributed by atoms with Crippen molar-refractivity contribution in [1.29, 1.82) is 0 Å². The summed E-state index contributed by atoms with van der Waals surface area (Å²) in [7, 11) is 0. The summed E-state index contributed by atoms with van der Waals surface area (Å²) in [6.45, 7) is 2.00. The molecule has 0 unspecified atom stereocenters. The lowest BCUT2D eigenvalue weighted by molar-refractivity contribution is 1.18. The maximum absolute atomic E-state index is 6.31. The van der Waals surface area contributed by atoms with Crippen molar-refractivity contribution >= 4 is 34.5 Å². The van der Waals surface area contributed by atoms with Gasteiger partial charge in [-0.25, -0.2) is 9.97 Å². The Kier molecular flexibility index (Phi) is 3.70. The number of hydrogen-bond donors (Lipinski definition) is 0. The molecule has 0 atom stereocenters. The van der Waals surface area contributed by atoms with E-state index < -0.39 is 0 Å². The zero-order chi connectivity index (χ0) is 14.1. The Morgan fingerprint density at radius 2 is 1.75 bits per heavy atom. The fraction of sp³-hybridized carbons (Fsp3) is 0.0714. The Morgan fingerprint density at radius 3 is 2.35 bits per heavy atom. The van der Waals surface area contributed by atoms with Crippen molar-refractivity contribution in [3.8, 4) is 21.8 Å². The summed E-state index contributed by atoms with van der Waals surface area (Å²) in [6, 6.07) is 7.86. The minimum absolute atomic E-state index is 0.350. The van der Waals surface area contributed by atoms with Crippen LogP contribution in [-0.4, -0.2) is 15.0 Å². The van der Waals surface area contributed by atoms with Gasteiger partial charge in [0, 0.05) is 6.20 Å². The molecule has 0 amide bonds. The maximum atomic E-state index is 6.31. The quantitative estimate of drug-likeness (QED) is 0.631. The van der Waals surface area contributed by atoms with Gasteiger partial charge in [-0.05, 0) is 18.1 Å². The molecule has 1 aromatic carbocycles. The van der Waals surface area contributed by atoms with E-state index in [0.29, 0.717) is 21.7 Å². The Bertz CT molecular complexity index is 734. The van der Waals surface area contributed by atoms with Gasteiger partial charge >= 0.3 is 0 Å². The summed E-state index contributed by atoms with van der Waals surface area (Å²) in [4.78, 5) is 13.5. The molecule has 0 saturated carbocycles. The van der Waals surface area contributed by atoms with Crippen molar-refractivity contribution in [2.45, 2.75) is 6.92 Å². The van der Waals surface area contributed by atoms with Crippen molar-refractivity contribution < 1.29 is 0 Å². The summed E-state index contributed by atoms with van der Waals surface area (Å²) >= 11 is 14.1. The van der Waals surface area contributed by atoms with E-state index in [9.17, 15) is 0 Å². The molecule has 0 aliphatic heterocycles. The summed E-state index contributed by atoms with van der Waals surface area (Å²) in [5.74, 6) is 0.500. The fourth-order valence-electron chi connectivity index (χ4n) is 1.92. The van der Waals surface area contributed by atoms with Gasteiger partial charge in [0.05, 0.1) is 16.0 Å². The average molecular weight is 322 g/mol. The van der Waals surface area contributed by atoms with Crippen LogP contribution in [0, 0.1) is 6.92 Å². The molecular formula is C14H9Cl2N3S. The van der Waals surface area contributed by atoms with Crippen LogP contribution >= 0.6 is 34.5 Å². The highest BCUT2D eigenvalue weighted by molar-refractivity contribution is 7.13. The Balaban J connectivity index is 2.17. The van der Waals surface area contributed by atoms with Crippen LogP contribution in [0.3, 0.4) is 0 Å². The van der Waals surface area contributed by atoms with Crippen LogP contribution in [0.25, 0.3) is 21.8 Å². The predicted molar refractivity (Wildman–Crippen MR) is 83.3 cm³/mol. The summed E-state index contributed by atoms with van der Waals surface area (Å²) in [6.07, 6.45) is 1.69. The monoisotopic (exact) mass is 321 g/mol. The molecule has 2 heterocycles. The molecule has 100 valence electrons. The Hall–Kier alpha value is -1.49. The number of hydrogen-bond acceptors (Lipinski definition) is 4. The second-order valence-corrected chi connectivity index (χ2v) is 5.79. The SMILES string of the molecule is Cc1ccccc1-c1c(Cl)nc(-c2cncs2)nc1Cl. The molecule has 6 heteroatoms. The minimum Gasteiger partial charge on any atom is -0.252 e. The van der Waals surface area contributed by atoms with Gasteiger partial charge in [0.1, 0.15) is 10.3 Å². The zero-order valence-corrected chi connectivity index (χ0v) is 12.8. The van der Waals surface area contributed by atoms with Crippen molar-refractivity contribution in [1.82, 2.24) is 15.0 Å². The first-order chi connectivity index (χ1) is 9.66. The molecule has 0 bridgehead atoms. The van der Waals surface area contributed by atoms with E-state index in [1.54, 1.807) is 11.7 Å². The minimum atomic E-state index is 0.350. The van der Waals surface area contributed by atoms with Gasteiger partial charge in [-0.2, -0.15) is 0 Å². The second-order valence-electron chi connectivity index (χ2n) is 4.18. The average Bonchev–Trinajstić information content (AvgIpc) is 2.94. The molecule has 0 aliphatic carbocycles. The lowest BCUT2D eigenvalue weighted by atomic mass is 10.0. The number of aryl methyl sites for hydroxylation is 1. The molecule has 0 N–H and O–H groups in total. The number of benzene rings is 1. The summed E-state index contributed by atoms with van der Waals surface area (Å²) < 4.78 is 0. The first kappa shape index (κ1) is 13.5. The first-order valence-electron chi connectivity index (χ1n) is 5.84. The van der Waals surface area contributed by atoms with E-state index in [4.69, 9.17) is 23.2 Å². The number of thiazole rings is 1. The predicted octanol–water partition coefficient (Wildman–Crippen LogP) is 4.88. The zero-order valence-electron chi connectivity index (χ0n) is 10.5. The number of rotatable bonds is 2. The Labute approximate surface area is 130 Å². The molecule has 0 radical (unpaired) electrons. The highest BCUT2D eigenvalue weighted by atomic mass is 35.5. The van der Waals surface area contributed by atoms with Crippen LogP contribution in [0.4, 0.5) is 0 Å².